The van der Waals surface area contributed by atoms with E-state index < -0.39 is 5.82 Å². The lowest BCUT2D eigenvalue weighted by molar-refractivity contribution is -0.116. The van der Waals surface area contributed by atoms with Crippen LogP contribution in [-0.2, 0) is 9.59 Å². The number of hydrogen-bond donors (Lipinski definition) is 1. The SMILES string of the molecule is CC(=O)N(c1nc(/C=C/C(=O)Nc2cccc(C#Cc3ccccn3)c2)cs1)c1ccccc1F. The van der Waals surface area contributed by atoms with E-state index >= 15 is 0 Å². The molecule has 0 aliphatic carbocycles. The van der Waals surface area contributed by atoms with Gasteiger partial charge in [0.25, 0.3) is 0 Å². The van der Waals surface area contributed by atoms with E-state index in [4.69, 9.17) is 0 Å². The first kappa shape index (κ1) is 23.5. The van der Waals surface area contributed by atoms with E-state index in [2.05, 4.69) is 27.1 Å². The van der Waals surface area contributed by atoms with Gasteiger partial charge in [-0.2, -0.15) is 0 Å². The molecule has 1 N–H and O–H groups in total. The van der Waals surface area contributed by atoms with Crippen molar-refractivity contribution in [1.29, 1.82) is 0 Å². The van der Waals surface area contributed by atoms with Crippen LogP contribution in [0.1, 0.15) is 23.9 Å². The first-order valence-corrected chi connectivity index (χ1v) is 11.4. The Hall–Kier alpha value is -4.61. The Kier molecular flexibility index (Phi) is 7.40. The van der Waals surface area contributed by atoms with E-state index in [1.165, 1.54) is 47.4 Å². The first-order chi connectivity index (χ1) is 17.0. The van der Waals surface area contributed by atoms with Gasteiger partial charge >= 0.3 is 0 Å². The second-order valence-electron chi connectivity index (χ2n) is 7.23. The number of aromatic nitrogens is 2. The van der Waals surface area contributed by atoms with Gasteiger partial charge in [0.05, 0.1) is 11.4 Å². The van der Waals surface area contributed by atoms with Crippen molar-refractivity contribution in [3.8, 4) is 11.8 Å². The second-order valence-corrected chi connectivity index (χ2v) is 8.07. The maximum Gasteiger partial charge on any atom is 0.248 e. The predicted molar refractivity (Wildman–Crippen MR) is 136 cm³/mol. The van der Waals surface area contributed by atoms with Gasteiger partial charge in [-0.25, -0.2) is 14.4 Å². The van der Waals surface area contributed by atoms with E-state index in [-0.39, 0.29) is 17.5 Å². The van der Waals surface area contributed by atoms with Crippen LogP contribution in [0.3, 0.4) is 0 Å². The minimum atomic E-state index is -0.527. The Morgan fingerprint density at radius 3 is 2.66 bits per heavy atom. The van der Waals surface area contributed by atoms with E-state index in [1.54, 1.807) is 41.9 Å². The number of benzene rings is 2. The summed E-state index contributed by atoms with van der Waals surface area (Å²) in [5.74, 6) is 4.75. The lowest BCUT2D eigenvalue weighted by Crippen LogP contribution is -2.23. The van der Waals surface area contributed by atoms with Crippen molar-refractivity contribution in [3.05, 3.63) is 107 Å². The molecule has 4 rings (SSSR count). The quantitative estimate of drug-likeness (QED) is 0.305. The second kappa shape index (κ2) is 11.0. The van der Waals surface area contributed by atoms with E-state index in [9.17, 15) is 14.0 Å². The summed E-state index contributed by atoms with van der Waals surface area (Å²) in [6.45, 7) is 1.34. The summed E-state index contributed by atoms with van der Waals surface area (Å²) in [4.78, 5) is 34.3. The van der Waals surface area contributed by atoms with E-state index in [0.29, 0.717) is 22.2 Å². The van der Waals surface area contributed by atoms with E-state index in [0.717, 1.165) is 5.56 Å². The molecule has 0 saturated carbocycles. The molecule has 4 aromatic rings. The Labute approximate surface area is 205 Å². The van der Waals surface area contributed by atoms with Crippen LogP contribution in [0, 0.1) is 17.7 Å². The molecule has 0 aliphatic heterocycles. The third kappa shape index (κ3) is 6.25. The number of hydrogen-bond acceptors (Lipinski definition) is 5. The zero-order valence-electron chi connectivity index (χ0n) is 18.6. The topological polar surface area (TPSA) is 75.2 Å². The highest BCUT2D eigenvalue weighted by atomic mass is 32.1. The standard InChI is InChI=1S/C27H19FN4O2S/c1-19(33)32(25-11-3-2-10-24(25)28)27-31-23(18-35-27)14-15-26(34)30-22-9-6-7-20(17-22)12-13-21-8-4-5-16-29-21/h2-11,14-18H,1H3,(H,30,34)/b15-14+. The average molecular weight is 483 g/mol. The Bertz CT molecular complexity index is 1450. The number of carbonyl (C=O) groups excluding carboxylic acids is 2. The van der Waals surface area contributed by atoms with Gasteiger partial charge < -0.3 is 5.32 Å². The molecule has 35 heavy (non-hydrogen) atoms. The molecule has 0 atom stereocenters. The smallest absolute Gasteiger partial charge is 0.248 e. The van der Waals surface area contributed by atoms with Gasteiger partial charge in [-0.05, 0) is 54.5 Å². The normalized spacial score (nSPS) is 10.5. The Morgan fingerprint density at radius 1 is 1.06 bits per heavy atom. The molecule has 0 bridgehead atoms. The van der Waals surface area contributed by atoms with Gasteiger partial charge in [-0.1, -0.05) is 30.2 Å². The highest BCUT2D eigenvalue weighted by Gasteiger charge is 2.20. The average Bonchev–Trinajstić information content (AvgIpc) is 3.32. The third-order valence-electron chi connectivity index (χ3n) is 4.64. The number of nitrogens with one attached hydrogen (secondary N) is 1. The number of nitrogens with zero attached hydrogens (tertiary/aromatic N) is 3. The van der Waals surface area contributed by atoms with Crippen LogP contribution in [0.4, 0.5) is 20.9 Å². The van der Waals surface area contributed by atoms with Crippen LogP contribution >= 0.6 is 11.3 Å². The molecule has 2 heterocycles. The van der Waals surface area contributed by atoms with Crippen molar-refractivity contribution < 1.29 is 14.0 Å². The zero-order valence-corrected chi connectivity index (χ0v) is 19.4. The highest BCUT2D eigenvalue weighted by molar-refractivity contribution is 7.14. The van der Waals surface area contributed by atoms with Crippen LogP contribution in [0.25, 0.3) is 6.08 Å². The lowest BCUT2D eigenvalue weighted by atomic mass is 10.2. The summed E-state index contributed by atoms with van der Waals surface area (Å²) in [5.41, 5.74) is 2.57. The van der Waals surface area contributed by atoms with Gasteiger partial charge in [-0.15, -0.1) is 11.3 Å². The van der Waals surface area contributed by atoms with Crippen molar-refractivity contribution in [3.63, 3.8) is 0 Å². The Balaban J connectivity index is 1.43. The fourth-order valence-corrected chi connectivity index (χ4v) is 3.94. The molecule has 2 aromatic heterocycles. The number of anilines is 3. The largest absolute Gasteiger partial charge is 0.322 e. The van der Waals surface area contributed by atoms with Gasteiger partial charge in [0.15, 0.2) is 5.13 Å². The van der Waals surface area contributed by atoms with Crippen molar-refractivity contribution in [1.82, 2.24) is 9.97 Å². The molecule has 0 radical (unpaired) electrons. The summed E-state index contributed by atoms with van der Waals surface area (Å²) in [5, 5.41) is 4.78. The molecule has 6 nitrogen and oxygen atoms in total. The van der Waals surface area contributed by atoms with Crippen molar-refractivity contribution in [2.75, 3.05) is 10.2 Å². The zero-order chi connectivity index (χ0) is 24.6. The molecule has 0 unspecified atom stereocenters. The van der Waals surface area contributed by atoms with Gasteiger partial charge in [0.1, 0.15) is 11.5 Å². The number of amides is 2. The molecule has 0 spiro atoms. The maximum absolute atomic E-state index is 14.2. The summed E-state index contributed by atoms with van der Waals surface area (Å²) >= 11 is 1.17. The van der Waals surface area contributed by atoms with Crippen LogP contribution in [0.5, 0.6) is 0 Å². The van der Waals surface area contributed by atoms with E-state index in [1.807, 2.05) is 24.3 Å². The summed E-state index contributed by atoms with van der Waals surface area (Å²) in [7, 11) is 0. The van der Waals surface area contributed by atoms with Gasteiger partial charge in [0.2, 0.25) is 11.8 Å². The fourth-order valence-electron chi connectivity index (χ4n) is 3.09. The van der Waals surface area contributed by atoms with Crippen LogP contribution in [-0.4, -0.2) is 21.8 Å². The molecule has 2 aromatic carbocycles. The molecule has 0 fully saturated rings. The van der Waals surface area contributed by atoms with Crippen molar-refractivity contribution in [2.24, 2.45) is 0 Å². The number of rotatable bonds is 5. The molecular weight excluding hydrogens is 463 g/mol. The number of pyridine rings is 1. The molecular formula is C27H19FN4O2S. The molecule has 172 valence electrons. The molecule has 8 heteroatoms. The maximum atomic E-state index is 14.2. The first-order valence-electron chi connectivity index (χ1n) is 10.5. The van der Waals surface area contributed by atoms with Crippen LogP contribution in [0.2, 0.25) is 0 Å². The number of carbonyl (C=O) groups is 2. The number of halogens is 1. The summed E-state index contributed by atoms with van der Waals surface area (Å²) < 4.78 is 14.2. The van der Waals surface area contributed by atoms with Crippen LogP contribution < -0.4 is 10.2 Å². The highest BCUT2D eigenvalue weighted by Crippen LogP contribution is 2.31. The summed E-state index contributed by atoms with van der Waals surface area (Å²) in [6, 6.07) is 18.7. The Morgan fingerprint density at radius 2 is 1.89 bits per heavy atom. The minimum Gasteiger partial charge on any atom is -0.322 e. The number of thiazole rings is 1. The predicted octanol–water partition coefficient (Wildman–Crippen LogP) is 5.41. The molecule has 0 aliphatic rings. The number of para-hydroxylation sites is 1. The third-order valence-corrected chi connectivity index (χ3v) is 5.49. The monoisotopic (exact) mass is 482 g/mol. The summed E-state index contributed by atoms with van der Waals surface area (Å²) in [6.07, 6.45) is 4.54. The van der Waals surface area contributed by atoms with Gasteiger partial charge in [0, 0.05) is 35.8 Å². The molecule has 2 amide bonds. The van der Waals surface area contributed by atoms with Crippen molar-refractivity contribution in [2.45, 2.75) is 6.92 Å². The fraction of sp³-hybridized carbons (Fsp3) is 0.0370. The van der Waals surface area contributed by atoms with Gasteiger partial charge in [-0.3, -0.25) is 14.5 Å². The molecule has 0 saturated heterocycles. The minimum absolute atomic E-state index is 0.119. The van der Waals surface area contributed by atoms with Crippen LogP contribution in [0.15, 0.2) is 84.4 Å². The van der Waals surface area contributed by atoms with Crippen molar-refractivity contribution >= 4 is 45.7 Å². The lowest BCUT2D eigenvalue weighted by Gasteiger charge is -2.18.